The Morgan fingerprint density at radius 2 is 2.38 bits per heavy atom. The zero-order valence-corrected chi connectivity index (χ0v) is 3.87. The number of rotatable bonds is 0. The Hall–Kier alpha value is -1.26. The molecule has 1 rings (SSSR count). The summed E-state index contributed by atoms with van der Waals surface area (Å²) >= 11 is 0. The molecule has 4 nitrogen and oxygen atoms in total. The third-order valence-corrected chi connectivity index (χ3v) is 0.620. The first-order valence-corrected chi connectivity index (χ1v) is 1.90. The molecule has 2 N–H and O–H groups in total. The van der Waals surface area contributed by atoms with Crippen molar-refractivity contribution < 1.29 is 4.39 Å². The smallest absolute Gasteiger partial charge is 0.187 e. The molecule has 0 unspecified atom stereocenters. The Morgan fingerprint density at radius 1 is 1.62 bits per heavy atom. The summed E-state index contributed by atoms with van der Waals surface area (Å²) in [5.41, 5.74) is 4.93. The van der Waals surface area contributed by atoms with E-state index in [0.717, 1.165) is 6.20 Å². The topological polar surface area (TPSA) is 64.7 Å². The molecule has 1 aromatic rings. The first kappa shape index (κ1) is 4.89. The average molecular weight is 114 g/mol. The van der Waals surface area contributed by atoms with Crippen LogP contribution in [-0.4, -0.2) is 15.4 Å². The van der Waals surface area contributed by atoms with Crippen LogP contribution < -0.4 is 5.73 Å². The van der Waals surface area contributed by atoms with E-state index >= 15 is 0 Å². The van der Waals surface area contributed by atoms with Gasteiger partial charge in [0, 0.05) is 0 Å². The van der Waals surface area contributed by atoms with Crippen LogP contribution in [0.1, 0.15) is 0 Å². The standard InChI is InChI=1S/C3H3FN4/c4-2-1-6-8-7-3(2)5/h1H,(H2,5,6,7). The van der Waals surface area contributed by atoms with E-state index in [9.17, 15) is 4.39 Å². The Labute approximate surface area is 44.5 Å². The summed E-state index contributed by atoms with van der Waals surface area (Å²) in [6.45, 7) is 0. The summed E-state index contributed by atoms with van der Waals surface area (Å²) in [6.07, 6.45) is 0.905. The zero-order chi connectivity index (χ0) is 5.98. The van der Waals surface area contributed by atoms with Crippen molar-refractivity contribution in [3.05, 3.63) is 12.0 Å². The molecule has 1 aromatic heterocycles. The van der Waals surface area contributed by atoms with Gasteiger partial charge in [0.25, 0.3) is 0 Å². The van der Waals surface area contributed by atoms with Gasteiger partial charge >= 0.3 is 0 Å². The Morgan fingerprint density at radius 3 is 2.75 bits per heavy atom. The molecule has 0 spiro atoms. The largest absolute Gasteiger partial charge is 0.380 e. The van der Waals surface area contributed by atoms with E-state index in [-0.39, 0.29) is 5.82 Å². The summed E-state index contributed by atoms with van der Waals surface area (Å²) in [4.78, 5) is 0. The lowest BCUT2D eigenvalue weighted by Crippen LogP contribution is -1.97. The van der Waals surface area contributed by atoms with Crippen LogP contribution in [0.2, 0.25) is 0 Å². The highest BCUT2D eigenvalue weighted by Gasteiger charge is 1.94. The van der Waals surface area contributed by atoms with Gasteiger partial charge in [-0.05, 0) is 5.21 Å². The SMILES string of the molecule is Nc1nnncc1F. The molecule has 0 aliphatic rings. The number of hydrogen-bond donors (Lipinski definition) is 1. The quantitative estimate of drug-likeness (QED) is 0.498. The molecule has 0 atom stereocenters. The third kappa shape index (κ3) is 0.699. The Bertz CT molecular complexity index is 167. The van der Waals surface area contributed by atoms with Crippen LogP contribution in [0.4, 0.5) is 10.2 Å². The van der Waals surface area contributed by atoms with Gasteiger partial charge < -0.3 is 5.73 Å². The molecule has 0 saturated carbocycles. The van der Waals surface area contributed by atoms with Crippen LogP contribution in [0.5, 0.6) is 0 Å². The monoisotopic (exact) mass is 114 g/mol. The number of nitrogens with zero attached hydrogens (tertiary/aromatic N) is 3. The van der Waals surface area contributed by atoms with Gasteiger partial charge in [0.05, 0.1) is 6.20 Å². The predicted molar refractivity (Wildman–Crippen MR) is 24.2 cm³/mol. The fourth-order valence-electron chi connectivity index (χ4n) is 0.264. The van der Waals surface area contributed by atoms with E-state index in [1.54, 1.807) is 0 Å². The van der Waals surface area contributed by atoms with Crippen molar-refractivity contribution in [2.45, 2.75) is 0 Å². The fourth-order valence-corrected chi connectivity index (χ4v) is 0.264. The maximum Gasteiger partial charge on any atom is 0.187 e. The number of aromatic nitrogens is 3. The van der Waals surface area contributed by atoms with E-state index in [4.69, 9.17) is 5.73 Å². The van der Waals surface area contributed by atoms with Crippen molar-refractivity contribution in [3.8, 4) is 0 Å². The predicted octanol–water partition coefficient (Wildman–Crippen LogP) is -0.407. The minimum Gasteiger partial charge on any atom is -0.380 e. The Kier molecular flexibility index (Phi) is 1.03. The first-order valence-electron chi connectivity index (χ1n) is 1.90. The summed E-state index contributed by atoms with van der Waals surface area (Å²) in [5, 5.41) is 9.33. The van der Waals surface area contributed by atoms with E-state index in [1.807, 2.05) is 0 Å². The molecule has 0 saturated heterocycles. The second-order valence-electron chi connectivity index (χ2n) is 1.17. The maximum atomic E-state index is 12.0. The molecule has 0 aliphatic heterocycles. The first-order chi connectivity index (χ1) is 3.80. The molecular weight excluding hydrogens is 111 g/mol. The number of hydrogen-bond acceptors (Lipinski definition) is 4. The number of halogens is 1. The molecular formula is C3H3FN4. The molecule has 0 aliphatic carbocycles. The summed E-state index contributed by atoms with van der Waals surface area (Å²) < 4.78 is 12.0. The third-order valence-electron chi connectivity index (χ3n) is 0.620. The lowest BCUT2D eigenvalue weighted by molar-refractivity contribution is 0.605. The summed E-state index contributed by atoms with van der Waals surface area (Å²) in [7, 11) is 0. The van der Waals surface area contributed by atoms with E-state index in [1.165, 1.54) is 0 Å². The van der Waals surface area contributed by atoms with Gasteiger partial charge in [0.2, 0.25) is 0 Å². The van der Waals surface area contributed by atoms with Crippen molar-refractivity contribution in [1.29, 1.82) is 0 Å². The summed E-state index contributed by atoms with van der Waals surface area (Å²) in [6, 6.07) is 0. The van der Waals surface area contributed by atoms with Crippen LogP contribution in [-0.2, 0) is 0 Å². The minimum absolute atomic E-state index is 0.222. The van der Waals surface area contributed by atoms with Gasteiger partial charge in [0.1, 0.15) is 0 Å². The van der Waals surface area contributed by atoms with Crippen LogP contribution in [0, 0.1) is 5.82 Å². The molecule has 0 bridgehead atoms. The highest BCUT2D eigenvalue weighted by molar-refractivity contribution is 5.24. The van der Waals surface area contributed by atoms with Crippen LogP contribution in [0.3, 0.4) is 0 Å². The normalized spacial score (nSPS) is 9.12. The Balaban J connectivity index is 3.13. The minimum atomic E-state index is -0.639. The fraction of sp³-hybridized carbons (Fsp3) is 0. The van der Waals surface area contributed by atoms with Crippen molar-refractivity contribution in [2.75, 3.05) is 5.73 Å². The van der Waals surface area contributed by atoms with E-state index in [2.05, 4.69) is 15.4 Å². The van der Waals surface area contributed by atoms with Crippen molar-refractivity contribution in [3.63, 3.8) is 0 Å². The van der Waals surface area contributed by atoms with Crippen molar-refractivity contribution in [1.82, 2.24) is 15.4 Å². The molecule has 0 fully saturated rings. The van der Waals surface area contributed by atoms with Crippen molar-refractivity contribution >= 4 is 5.82 Å². The van der Waals surface area contributed by atoms with E-state index < -0.39 is 5.82 Å². The molecule has 0 amide bonds. The number of anilines is 1. The van der Waals surface area contributed by atoms with Gasteiger partial charge in [-0.3, -0.25) is 0 Å². The number of nitrogen functional groups attached to an aromatic ring is 1. The lowest BCUT2D eigenvalue weighted by Gasteiger charge is -1.86. The molecule has 1 heterocycles. The van der Waals surface area contributed by atoms with Gasteiger partial charge in [-0.25, -0.2) is 4.39 Å². The molecule has 0 aromatic carbocycles. The van der Waals surface area contributed by atoms with Crippen molar-refractivity contribution in [2.24, 2.45) is 0 Å². The van der Waals surface area contributed by atoms with E-state index in [0.29, 0.717) is 0 Å². The van der Waals surface area contributed by atoms with Crippen LogP contribution >= 0.6 is 0 Å². The second kappa shape index (κ2) is 1.69. The zero-order valence-electron chi connectivity index (χ0n) is 3.87. The van der Waals surface area contributed by atoms with Crippen LogP contribution in [0.15, 0.2) is 6.20 Å². The molecule has 8 heavy (non-hydrogen) atoms. The van der Waals surface area contributed by atoms with Gasteiger partial charge in [-0.2, -0.15) is 0 Å². The van der Waals surface area contributed by atoms with Gasteiger partial charge in [-0.1, -0.05) is 0 Å². The average Bonchev–Trinajstić information content (AvgIpc) is 1.77. The second-order valence-corrected chi connectivity index (χ2v) is 1.17. The summed E-state index contributed by atoms with van der Waals surface area (Å²) in [5.74, 6) is -0.861. The van der Waals surface area contributed by atoms with Gasteiger partial charge in [0.15, 0.2) is 11.6 Å². The lowest BCUT2D eigenvalue weighted by atomic mass is 10.6. The van der Waals surface area contributed by atoms with Crippen LogP contribution in [0.25, 0.3) is 0 Å². The maximum absolute atomic E-state index is 12.0. The molecule has 42 valence electrons. The molecule has 0 radical (unpaired) electrons. The number of nitrogens with two attached hydrogens (primary N) is 1. The molecule has 5 heteroatoms. The highest BCUT2D eigenvalue weighted by atomic mass is 19.1. The highest BCUT2D eigenvalue weighted by Crippen LogP contribution is 1.97. The van der Waals surface area contributed by atoms with Gasteiger partial charge in [-0.15, -0.1) is 10.2 Å².